The highest BCUT2D eigenvalue weighted by molar-refractivity contribution is 9.10. The molecule has 2 rings (SSSR count). The van der Waals surface area contributed by atoms with E-state index in [1.54, 1.807) is 17.8 Å². The second-order valence-electron chi connectivity index (χ2n) is 3.67. The van der Waals surface area contributed by atoms with Gasteiger partial charge in [-0.25, -0.2) is 0 Å². The van der Waals surface area contributed by atoms with Crippen molar-refractivity contribution in [2.24, 2.45) is 7.05 Å². The summed E-state index contributed by atoms with van der Waals surface area (Å²) in [5.41, 5.74) is 8.10. The molecule has 84 valence electrons. The SMILES string of the molecule is Cc1ccc(-c2cc(N)n(C)n2)c(Br)c1O. The first-order chi connectivity index (χ1) is 7.50. The van der Waals surface area contributed by atoms with Crippen LogP contribution in [0.5, 0.6) is 5.75 Å². The third-order valence-electron chi connectivity index (χ3n) is 2.51. The van der Waals surface area contributed by atoms with Gasteiger partial charge in [0.1, 0.15) is 11.6 Å². The van der Waals surface area contributed by atoms with Gasteiger partial charge in [0, 0.05) is 18.7 Å². The first kappa shape index (κ1) is 11.0. The highest BCUT2D eigenvalue weighted by Crippen LogP contribution is 2.36. The number of aromatic nitrogens is 2. The average molecular weight is 282 g/mol. The largest absolute Gasteiger partial charge is 0.506 e. The molecule has 4 nitrogen and oxygen atoms in total. The Bertz CT molecular complexity index is 529. The van der Waals surface area contributed by atoms with Gasteiger partial charge in [0.05, 0.1) is 10.2 Å². The Morgan fingerprint density at radius 2 is 2.12 bits per heavy atom. The van der Waals surface area contributed by atoms with Gasteiger partial charge in [-0.15, -0.1) is 0 Å². The number of hydrogen-bond donors (Lipinski definition) is 2. The molecule has 1 aromatic heterocycles. The number of anilines is 1. The molecule has 0 unspecified atom stereocenters. The van der Waals surface area contributed by atoms with E-state index < -0.39 is 0 Å². The zero-order chi connectivity index (χ0) is 11.9. The molecule has 0 aliphatic rings. The lowest BCUT2D eigenvalue weighted by atomic mass is 10.1. The minimum atomic E-state index is 0.238. The minimum Gasteiger partial charge on any atom is -0.506 e. The molecular formula is C11H12BrN3O. The lowest BCUT2D eigenvalue weighted by Crippen LogP contribution is -1.96. The van der Waals surface area contributed by atoms with Crippen LogP contribution in [0.25, 0.3) is 11.3 Å². The fourth-order valence-corrected chi connectivity index (χ4v) is 2.12. The van der Waals surface area contributed by atoms with Crippen molar-refractivity contribution in [3.05, 3.63) is 28.2 Å². The van der Waals surface area contributed by atoms with Gasteiger partial charge in [-0.3, -0.25) is 4.68 Å². The number of rotatable bonds is 1. The number of halogens is 1. The van der Waals surface area contributed by atoms with E-state index in [-0.39, 0.29) is 5.75 Å². The second kappa shape index (κ2) is 3.83. The fourth-order valence-electron chi connectivity index (χ4n) is 1.47. The van der Waals surface area contributed by atoms with Crippen LogP contribution >= 0.6 is 15.9 Å². The van der Waals surface area contributed by atoms with E-state index in [9.17, 15) is 5.11 Å². The summed E-state index contributed by atoms with van der Waals surface area (Å²) < 4.78 is 2.24. The van der Waals surface area contributed by atoms with Gasteiger partial charge < -0.3 is 10.8 Å². The maximum atomic E-state index is 9.81. The topological polar surface area (TPSA) is 64.1 Å². The first-order valence-electron chi connectivity index (χ1n) is 4.78. The Morgan fingerprint density at radius 3 is 2.69 bits per heavy atom. The number of nitrogens with zero attached hydrogens (tertiary/aromatic N) is 2. The summed E-state index contributed by atoms with van der Waals surface area (Å²) in [7, 11) is 1.78. The van der Waals surface area contributed by atoms with Crippen molar-refractivity contribution in [2.45, 2.75) is 6.92 Å². The summed E-state index contributed by atoms with van der Waals surface area (Å²) >= 11 is 3.36. The summed E-state index contributed by atoms with van der Waals surface area (Å²) in [5, 5.41) is 14.1. The van der Waals surface area contributed by atoms with E-state index in [0.717, 1.165) is 16.8 Å². The zero-order valence-corrected chi connectivity index (χ0v) is 10.6. The second-order valence-corrected chi connectivity index (χ2v) is 4.46. The summed E-state index contributed by atoms with van der Waals surface area (Å²) in [6.07, 6.45) is 0. The van der Waals surface area contributed by atoms with E-state index in [1.165, 1.54) is 0 Å². The van der Waals surface area contributed by atoms with Crippen molar-refractivity contribution in [1.29, 1.82) is 0 Å². The monoisotopic (exact) mass is 281 g/mol. The molecule has 3 N–H and O–H groups in total. The predicted octanol–water partition coefficient (Wildman–Crippen LogP) is 2.45. The third kappa shape index (κ3) is 1.67. The van der Waals surface area contributed by atoms with Crippen LogP contribution in [-0.4, -0.2) is 14.9 Å². The van der Waals surface area contributed by atoms with Crippen LogP contribution in [0.1, 0.15) is 5.56 Å². The van der Waals surface area contributed by atoms with E-state index in [1.807, 2.05) is 19.1 Å². The molecule has 0 aliphatic heterocycles. The Morgan fingerprint density at radius 1 is 1.44 bits per heavy atom. The number of hydrogen-bond acceptors (Lipinski definition) is 3. The van der Waals surface area contributed by atoms with Gasteiger partial charge in [0.25, 0.3) is 0 Å². The molecule has 0 spiro atoms. The average Bonchev–Trinajstić information content (AvgIpc) is 2.56. The Hall–Kier alpha value is -1.49. The summed E-state index contributed by atoms with van der Waals surface area (Å²) in [6.45, 7) is 1.84. The molecule has 0 radical (unpaired) electrons. The maximum Gasteiger partial charge on any atom is 0.133 e. The molecule has 0 atom stereocenters. The van der Waals surface area contributed by atoms with Crippen LogP contribution in [0, 0.1) is 6.92 Å². The highest BCUT2D eigenvalue weighted by Gasteiger charge is 2.12. The molecule has 2 aromatic rings. The summed E-state index contributed by atoms with van der Waals surface area (Å²) in [6, 6.07) is 5.52. The number of nitrogen functional groups attached to an aromatic ring is 1. The Kier molecular flexibility index (Phi) is 2.63. The number of aromatic hydroxyl groups is 1. The van der Waals surface area contributed by atoms with Crippen molar-refractivity contribution in [1.82, 2.24) is 9.78 Å². The Labute approximate surface area is 102 Å². The fraction of sp³-hybridized carbons (Fsp3) is 0.182. The molecule has 5 heteroatoms. The third-order valence-corrected chi connectivity index (χ3v) is 3.31. The number of phenols is 1. The Balaban J connectivity index is 2.61. The van der Waals surface area contributed by atoms with Crippen LogP contribution in [0.4, 0.5) is 5.82 Å². The van der Waals surface area contributed by atoms with Gasteiger partial charge in [-0.2, -0.15) is 5.10 Å². The van der Waals surface area contributed by atoms with Gasteiger partial charge in [0.2, 0.25) is 0 Å². The number of nitrogens with two attached hydrogens (primary N) is 1. The lowest BCUT2D eigenvalue weighted by molar-refractivity contribution is 0.468. The molecule has 1 aromatic carbocycles. The summed E-state index contributed by atoms with van der Waals surface area (Å²) in [4.78, 5) is 0. The molecule has 16 heavy (non-hydrogen) atoms. The van der Waals surface area contributed by atoms with Crippen LogP contribution in [0.2, 0.25) is 0 Å². The zero-order valence-electron chi connectivity index (χ0n) is 9.03. The number of aryl methyl sites for hydroxylation is 2. The molecule has 0 saturated carbocycles. The van der Waals surface area contributed by atoms with Gasteiger partial charge >= 0.3 is 0 Å². The van der Waals surface area contributed by atoms with Gasteiger partial charge in [-0.1, -0.05) is 12.1 Å². The van der Waals surface area contributed by atoms with Crippen molar-refractivity contribution in [2.75, 3.05) is 5.73 Å². The minimum absolute atomic E-state index is 0.238. The molecular weight excluding hydrogens is 270 g/mol. The van der Waals surface area contributed by atoms with Crippen molar-refractivity contribution in [3.63, 3.8) is 0 Å². The first-order valence-corrected chi connectivity index (χ1v) is 5.58. The van der Waals surface area contributed by atoms with Crippen molar-refractivity contribution >= 4 is 21.7 Å². The van der Waals surface area contributed by atoms with Crippen LogP contribution in [0.3, 0.4) is 0 Å². The van der Waals surface area contributed by atoms with Gasteiger partial charge in [0.15, 0.2) is 0 Å². The normalized spacial score (nSPS) is 10.7. The summed E-state index contributed by atoms with van der Waals surface area (Å²) in [5.74, 6) is 0.823. The number of benzene rings is 1. The van der Waals surface area contributed by atoms with E-state index in [4.69, 9.17) is 5.73 Å². The van der Waals surface area contributed by atoms with Gasteiger partial charge in [-0.05, 0) is 28.4 Å². The number of phenolic OH excluding ortho intramolecular Hbond substituents is 1. The van der Waals surface area contributed by atoms with E-state index in [2.05, 4.69) is 21.0 Å². The lowest BCUT2D eigenvalue weighted by Gasteiger charge is -2.05. The van der Waals surface area contributed by atoms with Crippen LogP contribution in [0.15, 0.2) is 22.7 Å². The van der Waals surface area contributed by atoms with Crippen molar-refractivity contribution in [3.8, 4) is 17.0 Å². The molecule has 0 aliphatic carbocycles. The molecule has 0 fully saturated rings. The molecule has 0 bridgehead atoms. The van der Waals surface area contributed by atoms with Crippen LogP contribution < -0.4 is 5.73 Å². The van der Waals surface area contributed by atoms with E-state index >= 15 is 0 Å². The van der Waals surface area contributed by atoms with E-state index in [0.29, 0.717) is 10.3 Å². The highest BCUT2D eigenvalue weighted by atomic mass is 79.9. The predicted molar refractivity (Wildman–Crippen MR) is 67.2 cm³/mol. The maximum absolute atomic E-state index is 9.81. The molecule has 0 amide bonds. The molecule has 0 saturated heterocycles. The standard InChI is InChI=1S/C11H12BrN3O/c1-6-3-4-7(10(12)11(6)16)8-5-9(13)15(2)14-8/h3-5,16H,13H2,1-2H3. The van der Waals surface area contributed by atoms with Crippen molar-refractivity contribution < 1.29 is 5.11 Å². The smallest absolute Gasteiger partial charge is 0.133 e. The molecule has 1 heterocycles. The quantitative estimate of drug-likeness (QED) is 0.844. The van der Waals surface area contributed by atoms with Crippen LogP contribution in [-0.2, 0) is 7.05 Å².